The predicted molar refractivity (Wildman–Crippen MR) is 209 cm³/mol. The van der Waals surface area contributed by atoms with Gasteiger partial charge in [-0.1, -0.05) is 103 Å². The summed E-state index contributed by atoms with van der Waals surface area (Å²) >= 11 is 0. The molecule has 2 aromatic rings. The smallest absolute Gasteiger partial charge is 0.405 e. The number of urea groups is 1. The number of rotatable bonds is 19. The molecule has 5 N–H and O–H groups in total. The van der Waals surface area contributed by atoms with E-state index in [1.807, 2.05) is 69.3 Å². The summed E-state index contributed by atoms with van der Waals surface area (Å²) in [7, 11) is 0. The number of amides is 5. The molecule has 3 rings (SSSR count). The van der Waals surface area contributed by atoms with Crippen LogP contribution in [-0.4, -0.2) is 104 Å². The van der Waals surface area contributed by atoms with Crippen molar-refractivity contribution in [3.8, 4) is 11.8 Å². The van der Waals surface area contributed by atoms with E-state index in [4.69, 9.17) is 0 Å². The molecule has 5 amide bonds. The SMILES string of the molecule is CCCCCC#CCN(C[C@H](O)[C@H](Cc1ccccc1)NC(=O)[C@H]([C@@H](C)CC)N1CCN(Cc2cccc(C)n2)C1=O)NC(=O)[C@@H](NC(=O)O)C(C)(C)C. The summed E-state index contributed by atoms with van der Waals surface area (Å²) in [5.41, 5.74) is 4.55. The summed E-state index contributed by atoms with van der Waals surface area (Å²) in [6.07, 6.45) is 2.11. The second kappa shape index (κ2) is 21.3. The van der Waals surface area contributed by atoms with E-state index < -0.39 is 41.6 Å². The van der Waals surface area contributed by atoms with Crippen LogP contribution in [0.3, 0.4) is 0 Å². The molecule has 1 saturated heterocycles. The number of pyridine rings is 1. The first-order valence-electron chi connectivity index (χ1n) is 19.2. The lowest BCUT2D eigenvalue weighted by molar-refractivity contribution is -0.132. The summed E-state index contributed by atoms with van der Waals surface area (Å²) in [5, 5.41) is 28.2. The van der Waals surface area contributed by atoms with E-state index in [0.717, 1.165) is 36.2 Å². The Labute approximate surface area is 321 Å². The Balaban J connectivity index is 1.88. The second-order valence-electron chi connectivity index (χ2n) is 15.3. The van der Waals surface area contributed by atoms with Crippen molar-refractivity contribution in [3.05, 3.63) is 65.5 Å². The third-order valence-electron chi connectivity index (χ3n) is 9.68. The largest absolute Gasteiger partial charge is 0.465 e. The molecule has 0 bridgehead atoms. The highest BCUT2D eigenvalue weighted by Crippen LogP contribution is 2.23. The molecule has 13 heteroatoms. The first-order chi connectivity index (χ1) is 25.6. The second-order valence-corrected chi connectivity index (χ2v) is 15.3. The maximum absolute atomic E-state index is 14.3. The van der Waals surface area contributed by atoms with Gasteiger partial charge in [-0.2, -0.15) is 0 Å². The number of hydrogen-bond donors (Lipinski definition) is 5. The molecule has 1 aromatic carbocycles. The summed E-state index contributed by atoms with van der Waals surface area (Å²) in [6.45, 7) is 14.3. The van der Waals surface area contributed by atoms with Crippen LogP contribution in [0.15, 0.2) is 48.5 Å². The summed E-state index contributed by atoms with van der Waals surface area (Å²) < 4.78 is 0. The first-order valence-corrected chi connectivity index (χ1v) is 19.2. The number of aliphatic hydroxyl groups excluding tert-OH is 1. The number of nitrogens with one attached hydrogen (secondary N) is 3. The molecule has 1 aliphatic rings. The molecular formula is C41H61N7O6. The molecule has 0 saturated carbocycles. The van der Waals surface area contributed by atoms with Gasteiger partial charge >= 0.3 is 12.1 Å². The Bertz CT molecular complexity index is 1590. The zero-order chi connectivity index (χ0) is 39.8. The fraction of sp³-hybridized carbons (Fsp3) is 0.585. The van der Waals surface area contributed by atoms with E-state index >= 15 is 0 Å². The highest BCUT2D eigenvalue weighted by Gasteiger charge is 2.41. The van der Waals surface area contributed by atoms with Crippen LogP contribution in [0.5, 0.6) is 0 Å². The molecule has 1 aliphatic heterocycles. The summed E-state index contributed by atoms with van der Waals surface area (Å²) in [4.78, 5) is 61.1. The van der Waals surface area contributed by atoms with Crippen molar-refractivity contribution in [1.82, 2.24) is 35.9 Å². The van der Waals surface area contributed by atoms with Crippen molar-refractivity contribution < 1.29 is 29.4 Å². The van der Waals surface area contributed by atoms with Crippen molar-refractivity contribution in [2.24, 2.45) is 11.3 Å². The van der Waals surface area contributed by atoms with Gasteiger partial charge < -0.3 is 30.6 Å². The number of aryl methyl sites for hydroxylation is 1. The molecule has 13 nitrogen and oxygen atoms in total. The molecule has 1 aromatic heterocycles. The number of hydrazine groups is 1. The highest BCUT2D eigenvalue weighted by atomic mass is 16.4. The van der Waals surface area contributed by atoms with Crippen molar-refractivity contribution >= 4 is 23.9 Å². The van der Waals surface area contributed by atoms with E-state index in [0.29, 0.717) is 32.5 Å². The number of nitrogens with zero attached hydrogens (tertiary/aromatic N) is 4. The molecule has 1 fully saturated rings. The van der Waals surface area contributed by atoms with Crippen molar-refractivity contribution in [2.45, 2.75) is 118 Å². The Morgan fingerprint density at radius 1 is 0.981 bits per heavy atom. The van der Waals surface area contributed by atoms with Gasteiger partial charge in [0.2, 0.25) is 5.91 Å². The van der Waals surface area contributed by atoms with Gasteiger partial charge in [0.25, 0.3) is 5.91 Å². The zero-order valence-corrected chi connectivity index (χ0v) is 33.1. The lowest BCUT2D eigenvalue weighted by Gasteiger charge is -2.35. The minimum Gasteiger partial charge on any atom is -0.465 e. The number of unbranched alkanes of at least 4 members (excludes halogenated alkanes) is 3. The standard InChI is InChI=1S/C41H61N7O6/c1-8-10-11-12-13-17-23-47(45-38(51)36(41(5,6)7)44-39(52)53)28-34(49)33(26-31-20-15-14-16-21-31)43-37(50)35(29(3)9-2)48-25-24-46(40(48)54)27-32-22-18-19-30(4)42-32/h14-16,18-22,29,33-36,44,49H,8-12,23-28H2,1-7H3,(H,43,50)(H,45,51)(H,52,53)/t29-,33-,34-,35-,36+/m0/s1. The van der Waals surface area contributed by atoms with E-state index in [2.05, 4.69) is 39.8 Å². The molecule has 0 unspecified atom stereocenters. The lowest BCUT2D eigenvalue weighted by atomic mass is 9.86. The van der Waals surface area contributed by atoms with Crippen LogP contribution in [0, 0.1) is 30.1 Å². The Hall–Kier alpha value is -4.67. The monoisotopic (exact) mass is 747 g/mol. The maximum atomic E-state index is 14.3. The number of hydrogen-bond acceptors (Lipinski definition) is 7. The van der Waals surface area contributed by atoms with E-state index in [1.165, 1.54) is 5.01 Å². The molecule has 5 atom stereocenters. The number of aliphatic hydroxyl groups is 1. The number of carbonyl (C=O) groups is 4. The van der Waals surface area contributed by atoms with Crippen LogP contribution in [-0.2, 0) is 22.6 Å². The lowest BCUT2D eigenvalue weighted by Crippen LogP contribution is -2.60. The van der Waals surface area contributed by atoms with Gasteiger partial charge in [0.15, 0.2) is 0 Å². The Kier molecular flexibility index (Phi) is 17.2. The molecule has 54 heavy (non-hydrogen) atoms. The molecule has 0 spiro atoms. The van der Waals surface area contributed by atoms with Crippen LogP contribution in [0.25, 0.3) is 0 Å². The average molecular weight is 748 g/mol. The number of benzene rings is 1. The third kappa shape index (κ3) is 13.6. The molecule has 0 radical (unpaired) electrons. The maximum Gasteiger partial charge on any atom is 0.405 e. The molecule has 296 valence electrons. The van der Waals surface area contributed by atoms with E-state index in [1.54, 1.807) is 30.6 Å². The van der Waals surface area contributed by atoms with Gasteiger partial charge in [-0.25, -0.2) is 14.6 Å². The van der Waals surface area contributed by atoms with Crippen molar-refractivity contribution in [3.63, 3.8) is 0 Å². The van der Waals surface area contributed by atoms with E-state index in [9.17, 15) is 29.4 Å². The van der Waals surface area contributed by atoms with Crippen molar-refractivity contribution in [2.75, 3.05) is 26.2 Å². The van der Waals surface area contributed by atoms with Crippen LogP contribution in [0.4, 0.5) is 9.59 Å². The normalized spacial score (nSPS) is 15.8. The average Bonchev–Trinajstić information content (AvgIpc) is 3.46. The van der Waals surface area contributed by atoms with Gasteiger partial charge in [0.05, 0.1) is 30.9 Å². The Morgan fingerprint density at radius 2 is 1.70 bits per heavy atom. The van der Waals surface area contributed by atoms with Gasteiger partial charge in [0.1, 0.15) is 12.1 Å². The fourth-order valence-corrected chi connectivity index (χ4v) is 6.46. The summed E-state index contributed by atoms with van der Waals surface area (Å²) in [5.74, 6) is 5.06. The van der Waals surface area contributed by atoms with Gasteiger partial charge in [-0.05, 0) is 48.8 Å². The van der Waals surface area contributed by atoms with Crippen LogP contribution in [0.2, 0.25) is 0 Å². The van der Waals surface area contributed by atoms with Crippen molar-refractivity contribution in [1.29, 1.82) is 0 Å². The first kappa shape index (κ1) is 43.7. The molecule has 0 aliphatic carbocycles. The number of carboxylic acid groups (broad SMARTS) is 1. The van der Waals surface area contributed by atoms with E-state index in [-0.39, 0.29) is 37.4 Å². The minimum atomic E-state index is -1.33. The fourth-order valence-electron chi connectivity index (χ4n) is 6.46. The van der Waals surface area contributed by atoms with Gasteiger partial charge in [0, 0.05) is 31.7 Å². The minimum absolute atomic E-state index is 0.0638. The highest BCUT2D eigenvalue weighted by molar-refractivity contribution is 5.88. The summed E-state index contributed by atoms with van der Waals surface area (Å²) in [6, 6.07) is 12.2. The van der Waals surface area contributed by atoms with Gasteiger partial charge in [-0.15, -0.1) is 5.92 Å². The molecule has 2 heterocycles. The van der Waals surface area contributed by atoms with Crippen LogP contribution >= 0.6 is 0 Å². The topological polar surface area (TPSA) is 167 Å². The zero-order valence-electron chi connectivity index (χ0n) is 33.1. The number of aromatic nitrogens is 1. The van der Waals surface area contributed by atoms with Crippen LogP contribution < -0.4 is 16.1 Å². The third-order valence-corrected chi connectivity index (χ3v) is 9.68. The number of carbonyl (C=O) groups excluding carboxylic acids is 3. The van der Waals surface area contributed by atoms with Gasteiger partial charge in [-0.3, -0.25) is 20.0 Å². The quantitative estimate of drug-likeness (QED) is 0.0782. The van der Waals surface area contributed by atoms with Crippen LogP contribution in [0.1, 0.15) is 90.6 Å². The Morgan fingerprint density at radius 3 is 2.33 bits per heavy atom. The predicted octanol–water partition coefficient (Wildman–Crippen LogP) is 4.73. The molecular weight excluding hydrogens is 686 g/mol.